The molecule has 0 amide bonds. The Kier molecular flexibility index (Phi) is 3.95. The van der Waals surface area contributed by atoms with E-state index >= 15 is 0 Å². The average Bonchev–Trinajstić information content (AvgIpc) is 2.31. The van der Waals surface area contributed by atoms with Crippen LogP contribution in [0.25, 0.3) is 0 Å². The highest BCUT2D eigenvalue weighted by Crippen LogP contribution is 2.31. The van der Waals surface area contributed by atoms with E-state index in [-0.39, 0.29) is 11.2 Å². The van der Waals surface area contributed by atoms with Gasteiger partial charge in [-0.3, -0.25) is 0 Å². The molecule has 0 fully saturated rings. The molecule has 2 rings (SSSR count). The van der Waals surface area contributed by atoms with E-state index in [1.54, 1.807) is 0 Å². The third-order valence-electron chi connectivity index (χ3n) is 2.31. The van der Waals surface area contributed by atoms with Crippen LogP contribution in [-0.4, -0.2) is 9.97 Å². The SMILES string of the molecule is Cc1cc(Oc2nc(Cl)ncc2Cl)cc(C)c1Cl. The molecule has 1 heterocycles. The topological polar surface area (TPSA) is 35.0 Å². The molecule has 0 spiro atoms. The first-order valence-electron chi connectivity index (χ1n) is 5.10. The van der Waals surface area contributed by atoms with Gasteiger partial charge in [0.15, 0.2) is 0 Å². The first-order chi connectivity index (χ1) is 8.47. The van der Waals surface area contributed by atoms with Gasteiger partial charge in [0, 0.05) is 5.02 Å². The smallest absolute Gasteiger partial charge is 0.242 e. The lowest BCUT2D eigenvalue weighted by atomic mass is 10.1. The number of hydrogen-bond acceptors (Lipinski definition) is 3. The van der Waals surface area contributed by atoms with Crippen LogP contribution in [0.4, 0.5) is 0 Å². The first-order valence-corrected chi connectivity index (χ1v) is 6.23. The Bertz CT molecular complexity index is 579. The lowest BCUT2D eigenvalue weighted by Gasteiger charge is -2.09. The van der Waals surface area contributed by atoms with Crippen LogP contribution in [0.2, 0.25) is 15.3 Å². The fraction of sp³-hybridized carbons (Fsp3) is 0.167. The third kappa shape index (κ3) is 2.86. The van der Waals surface area contributed by atoms with Gasteiger partial charge in [-0.1, -0.05) is 23.2 Å². The molecular weight excluding hydrogens is 295 g/mol. The zero-order chi connectivity index (χ0) is 13.3. The van der Waals surface area contributed by atoms with Gasteiger partial charge < -0.3 is 4.74 Å². The molecule has 1 aromatic carbocycles. The van der Waals surface area contributed by atoms with Gasteiger partial charge >= 0.3 is 0 Å². The predicted octanol–water partition coefficient (Wildman–Crippen LogP) is 4.85. The Hall–Kier alpha value is -1.03. The van der Waals surface area contributed by atoms with Gasteiger partial charge in [0.1, 0.15) is 10.8 Å². The summed E-state index contributed by atoms with van der Waals surface area (Å²) in [5.41, 5.74) is 1.84. The zero-order valence-corrected chi connectivity index (χ0v) is 11.9. The van der Waals surface area contributed by atoms with E-state index in [9.17, 15) is 0 Å². The number of ether oxygens (including phenoxy) is 1. The van der Waals surface area contributed by atoms with Crippen LogP contribution in [0.1, 0.15) is 11.1 Å². The highest BCUT2D eigenvalue weighted by Gasteiger charge is 2.09. The molecule has 0 N–H and O–H groups in total. The second kappa shape index (κ2) is 5.31. The van der Waals surface area contributed by atoms with Crippen LogP contribution in [-0.2, 0) is 0 Å². The Labute approximate surface area is 120 Å². The number of nitrogens with zero attached hydrogens (tertiary/aromatic N) is 2. The number of hydrogen-bond donors (Lipinski definition) is 0. The maximum Gasteiger partial charge on any atom is 0.242 e. The monoisotopic (exact) mass is 302 g/mol. The Morgan fingerprint density at radius 3 is 2.28 bits per heavy atom. The fourth-order valence-corrected chi connectivity index (χ4v) is 1.84. The van der Waals surface area contributed by atoms with Gasteiger partial charge in [0.25, 0.3) is 0 Å². The molecule has 18 heavy (non-hydrogen) atoms. The molecule has 0 saturated carbocycles. The van der Waals surface area contributed by atoms with Crippen molar-refractivity contribution in [3.8, 4) is 11.6 Å². The van der Waals surface area contributed by atoms with E-state index in [4.69, 9.17) is 39.5 Å². The van der Waals surface area contributed by atoms with E-state index in [1.165, 1.54) is 6.20 Å². The minimum atomic E-state index is 0.0804. The van der Waals surface area contributed by atoms with E-state index in [0.717, 1.165) is 11.1 Å². The average molecular weight is 304 g/mol. The maximum absolute atomic E-state index is 6.08. The van der Waals surface area contributed by atoms with Gasteiger partial charge in [-0.15, -0.1) is 0 Å². The second-order valence-electron chi connectivity index (χ2n) is 3.77. The quantitative estimate of drug-likeness (QED) is 0.744. The highest BCUT2D eigenvalue weighted by atomic mass is 35.5. The minimum Gasteiger partial charge on any atom is -0.437 e. The second-order valence-corrected chi connectivity index (χ2v) is 4.89. The minimum absolute atomic E-state index is 0.0804. The van der Waals surface area contributed by atoms with Crippen LogP contribution < -0.4 is 4.74 Å². The highest BCUT2D eigenvalue weighted by molar-refractivity contribution is 6.32. The van der Waals surface area contributed by atoms with Crippen LogP contribution in [0.15, 0.2) is 18.3 Å². The van der Waals surface area contributed by atoms with Gasteiger partial charge in [-0.25, -0.2) is 4.98 Å². The molecular formula is C12H9Cl3N2O. The lowest BCUT2D eigenvalue weighted by molar-refractivity contribution is 0.461. The molecule has 94 valence electrons. The van der Waals surface area contributed by atoms with Crippen LogP contribution in [0.5, 0.6) is 11.6 Å². The predicted molar refractivity (Wildman–Crippen MR) is 73.1 cm³/mol. The summed E-state index contributed by atoms with van der Waals surface area (Å²) >= 11 is 17.7. The van der Waals surface area contributed by atoms with Crippen molar-refractivity contribution in [1.82, 2.24) is 9.97 Å². The lowest BCUT2D eigenvalue weighted by Crippen LogP contribution is -1.93. The molecule has 2 aromatic rings. The van der Waals surface area contributed by atoms with Gasteiger partial charge in [-0.2, -0.15) is 4.98 Å². The standard InChI is InChI=1S/C12H9Cl3N2O/c1-6-3-8(4-7(2)10(6)14)18-11-9(13)5-16-12(15)17-11/h3-5H,1-2H3. The number of halogens is 3. The molecule has 0 radical (unpaired) electrons. The zero-order valence-electron chi connectivity index (χ0n) is 9.67. The number of rotatable bonds is 2. The van der Waals surface area contributed by atoms with E-state index in [0.29, 0.717) is 15.8 Å². The van der Waals surface area contributed by atoms with E-state index in [1.807, 2.05) is 26.0 Å². The number of benzene rings is 1. The van der Waals surface area contributed by atoms with Crippen molar-refractivity contribution in [1.29, 1.82) is 0 Å². The van der Waals surface area contributed by atoms with Gasteiger partial charge in [0.05, 0.1) is 6.20 Å². The summed E-state index contributed by atoms with van der Waals surface area (Å²) in [4.78, 5) is 7.67. The van der Waals surface area contributed by atoms with Crippen LogP contribution in [0.3, 0.4) is 0 Å². The molecule has 0 aliphatic heterocycles. The summed E-state index contributed by atoms with van der Waals surface area (Å²) in [6.45, 7) is 3.80. The van der Waals surface area contributed by atoms with Crippen molar-refractivity contribution in [3.05, 3.63) is 44.8 Å². The van der Waals surface area contributed by atoms with Crippen molar-refractivity contribution in [2.45, 2.75) is 13.8 Å². The summed E-state index contributed by atoms with van der Waals surface area (Å²) in [7, 11) is 0. The summed E-state index contributed by atoms with van der Waals surface area (Å²) in [6, 6.07) is 3.61. The fourth-order valence-electron chi connectivity index (χ4n) is 1.48. The summed E-state index contributed by atoms with van der Waals surface area (Å²) in [6.07, 6.45) is 1.39. The molecule has 0 saturated heterocycles. The summed E-state index contributed by atoms with van der Waals surface area (Å²) in [5, 5.41) is 1.09. The molecule has 3 nitrogen and oxygen atoms in total. The van der Waals surface area contributed by atoms with Gasteiger partial charge in [-0.05, 0) is 48.7 Å². The Balaban J connectivity index is 2.37. The van der Waals surface area contributed by atoms with Crippen molar-refractivity contribution in [3.63, 3.8) is 0 Å². The number of aryl methyl sites for hydroxylation is 2. The van der Waals surface area contributed by atoms with Gasteiger partial charge in [0.2, 0.25) is 11.2 Å². The maximum atomic E-state index is 6.08. The molecule has 0 aliphatic carbocycles. The van der Waals surface area contributed by atoms with Crippen LogP contribution in [0, 0.1) is 13.8 Å². The summed E-state index contributed by atoms with van der Waals surface area (Å²) < 4.78 is 5.58. The van der Waals surface area contributed by atoms with Crippen molar-refractivity contribution in [2.24, 2.45) is 0 Å². The normalized spacial score (nSPS) is 10.5. The van der Waals surface area contributed by atoms with Crippen molar-refractivity contribution < 1.29 is 4.74 Å². The largest absolute Gasteiger partial charge is 0.437 e. The molecule has 6 heteroatoms. The molecule has 0 aliphatic rings. The van der Waals surface area contributed by atoms with Crippen molar-refractivity contribution in [2.75, 3.05) is 0 Å². The first kappa shape index (κ1) is 13.4. The summed E-state index contributed by atoms with van der Waals surface area (Å²) in [5.74, 6) is 0.823. The van der Waals surface area contributed by atoms with Crippen molar-refractivity contribution >= 4 is 34.8 Å². The molecule has 0 atom stereocenters. The van der Waals surface area contributed by atoms with E-state index in [2.05, 4.69) is 9.97 Å². The molecule has 1 aromatic heterocycles. The molecule has 0 unspecified atom stereocenters. The Morgan fingerprint density at radius 2 is 1.67 bits per heavy atom. The third-order valence-corrected chi connectivity index (χ3v) is 3.34. The Morgan fingerprint density at radius 1 is 1.06 bits per heavy atom. The van der Waals surface area contributed by atoms with E-state index < -0.39 is 0 Å². The van der Waals surface area contributed by atoms with Crippen LogP contribution >= 0.6 is 34.8 Å². The molecule has 0 bridgehead atoms. The number of aromatic nitrogens is 2.